The highest BCUT2D eigenvalue weighted by Crippen LogP contribution is 2.22. The number of rotatable bonds is 3. The van der Waals surface area contributed by atoms with Crippen molar-refractivity contribution in [2.45, 2.75) is 19.4 Å². The Labute approximate surface area is 122 Å². The Bertz CT molecular complexity index is 612. The molecule has 6 heteroatoms. The molecular weight excluding hydrogens is 270 g/mol. The van der Waals surface area contributed by atoms with Gasteiger partial charge in [0, 0.05) is 6.54 Å². The minimum atomic E-state index is -0.0690. The third-order valence-corrected chi connectivity index (χ3v) is 3.66. The Morgan fingerprint density at radius 3 is 2.86 bits per heavy atom. The fourth-order valence-corrected chi connectivity index (χ4v) is 2.41. The predicted molar refractivity (Wildman–Crippen MR) is 74.5 cm³/mol. The first-order valence-electron chi connectivity index (χ1n) is 6.96. The normalized spacial score (nSPS) is 18.7. The molecule has 0 saturated carbocycles. The van der Waals surface area contributed by atoms with Crippen LogP contribution in [0.4, 0.5) is 0 Å². The molecule has 0 bridgehead atoms. The van der Waals surface area contributed by atoms with Crippen LogP contribution in [0.3, 0.4) is 0 Å². The van der Waals surface area contributed by atoms with E-state index in [-0.39, 0.29) is 18.4 Å². The molecule has 110 valence electrons. The minimum Gasteiger partial charge on any atom is -0.370 e. The molecule has 1 aromatic carbocycles. The van der Waals surface area contributed by atoms with Gasteiger partial charge in [0.15, 0.2) is 0 Å². The van der Waals surface area contributed by atoms with E-state index in [9.17, 15) is 4.79 Å². The van der Waals surface area contributed by atoms with Gasteiger partial charge in [-0.2, -0.15) is 0 Å². The molecule has 1 unspecified atom stereocenters. The smallest absolute Gasteiger partial charge is 0.228 e. The van der Waals surface area contributed by atoms with Gasteiger partial charge in [0.2, 0.25) is 5.91 Å². The molecule has 2 aromatic rings. The van der Waals surface area contributed by atoms with Crippen LogP contribution in [0.5, 0.6) is 0 Å². The van der Waals surface area contributed by atoms with E-state index in [1.165, 1.54) is 0 Å². The molecule has 0 aliphatic carbocycles. The summed E-state index contributed by atoms with van der Waals surface area (Å²) in [6.07, 6.45) is 0.150. The van der Waals surface area contributed by atoms with E-state index in [0.29, 0.717) is 31.1 Å². The summed E-state index contributed by atoms with van der Waals surface area (Å²) in [7, 11) is 0. The number of amides is 1. The number of morpholine rings is 1. The zero-order chi connectivity index (χ0) is 14.7. The lowest BCUT2D eigenvalue weighted by Crippen LogP contribution is -2.43. The van der Waals surface area contributed by atoms with E-state index in [1.807, 2.05) is 35.2 Å². The molecule has 2 heterocycles. The molecule has 1 amide bonds. The van der Waals surface area contributed by atoms with Crippen molar-refractivity contribution in [2.75, 3.05) is 19.7 Å². The number of benzene rings is 1. The predicted octanol–water partition coefficient (Wildman–Crippen LogP) is 1.52. The molecular formula is C15H17N3O3. The largest absolute Gasteiger partial charge is 0.370 e. The van der Waals surface area contributed by atoms with Gasteiger partial charge >= 0.3 is 0 Å². The number of carbonyl (C=O) groups is 1. The summed E-state index contributed by atoms with van der Waals surface area (Å²) in [4.78, 5) is 14.2. The second-order valence-electron chi connectivity index (χ2n) is 5.08. The van der Waals surface area contributed by atoms with Gasteiger partial charge in [-0.25, -0.2) is 4.63 Å². The van der Waals surface area contributed by atoms with Crippen molar-refractivity contribution < 1.29 is 14.2 Å². The summed E-state index contributed by atoms with van der Waals surface area (Å²) >= 11 is 0. The first kappa shape index (κ1) is 13.8. The van der Waals surface area contributed by atoms with Crippen molar-refractivity contribution in [3.05, 3.63) is 47.3 Å². The fourth-order valence-electron chi connectivity index (χ4n) is 2.41. The summed E-state index contributed by atoms with van der Waals surface area (Å²) in [5.41, 5.74) is 2.35. The number of aryl methyl sites for hydroxylation is 1. The number of hydrogen-bond acceptors (Lipinski definition) is 5. The number of nitrogens with zero attached hydrogens (tertiary/aromatic N) is 3. The highest BCUT2D eigenvalue weighted by molar-refractivity contribution is 5.78. The zero-order valence-electron chi connectivity index (χ0n) is 11.9. The van der Waals surface area contributed by atoms with Gasteiger partial charge in [-0.1, -0.05) is 40.6 Å². The van der Waals surface area contributed by atoms with Gasteiger partial charge in [-0.15, -0.1) is 0 Å². The second-order valence-corrected chi connectivity index (χ2v) is 5.08. The quantitative estimate of drug-likeness (QED) is 0.856. The third-order valence-electron chi connectivity index (χ3n) is 3.66. The number of aromatic nitrogens is 2. The average Bonchev–Trinajstić information content (AvgIpc) is 2.93. The first-order valence-corrected chi connectivity index (χ1v) is 6.96. The molecule has 1 aromatic heterocycles. The van der Waals surface area contributed by atoms with Crippen molar-refractivity contribution in [2.24, 2.45) is 0 Å². The van der Waals surface area contributed by atoms with Crippen molar-refractivity contribution in [1.82, 2.24) is 15.2 Å². The minimum absolute atomic E-state index is 0.0260. The third kappa shape index (κ3) is 3.11. The van der Waals surface area contributed by atoms with Crippen LogP contribution >= 0.6 is 0 Å². The molecule has 1 aliphatic rings. The molecule has 1 aliphatic heterocycles. The molecule has 21 heavy (non-hydrogen) atoms. The van der Waals surface area contributed by atoms with Crippen molar-refractivity contribution in [1.29, 1.82) is 0 Å². The maximum atomic E-state index is 12.4. The highest BCUT2D eigenvalue weighted by atomic mass is 16.6. The van der Waals surface area contributed by atoms with E-state index in [2.05, 4.69) is 14.9 Å². The van der Waals surface area contributed by atoms with Gasteiger partial charge < -0.3 is 9.64 Å². The second kappa shape index (κ2) is 6.05. The van der Waals surface area contributed by atoms with Crippen LogP contribution in [0.25, 0.3) is 0 Å². The Balaban J connectivity index is 1.66. The molecule has 6 nitrogen and oxygen atoms in total. The molecule has 0 radical (unpaired) electrons. The number of carbonyl (C=O) groups excluding carboxylic acids is 1. The summed E-state index contributed by atoms with van der Waals surface area (Å²) in [5, 5.41) is 7.46. The molecule has 1 fully saturated rings. The van der Waals surface area contributed by atoms with Crippen LogP contribution in [0.15, 0.2) is 35.0 Å². The van der Waals surface area contributed by atoms with E-state index in [4.69, 9.17) is 4.74 Å². The van der Waals surface area contributed by atoms with Crippen molar-refractivity contribution >= 4 is 5.91 Å². The fraction of sp³-hybridized carbons (Fsp3) is 0.400. The van der Waals surface area contributed by atoms with Crippen LogP contribution in [0.1, 0.15) is 23.1 Å². The summed E-state index contributed by atoms with van der Waals surface area (Å²) in [6, 6.07) is 9.96. The molecule has 1 atom stereocenters. The summed E-state index contributed by atoms with van der Waals surface area (Å²) in [6.45, 7) is 3.49. The lowest BCUT2D eigenvalue weighted by Gasteiger charge is -2.33. The standard InChI is InChI=1S/C15H17N3O3/c1-11-13(17-21-16-11)9-15(19)18-7-8-20-14(10-18)12-5-3-2-4-6-12/h2-6,14H,7-10H2,1H3. The van der Waals surface area contributed by atoms with Gasteiger partial charge in [0.1, 0.15) is 17.5 Å². The van der Waals surface area contributed by atoms with E-state index >= 15 is 0 Å². The topological polar surface area (TPSA) is 68.5 Å². The van der Waals surface area contributed by atoms with Crippen molar-refractivity contribution in [3.63, 3.8) is 0 Å². The van der Waals surface area contributed by atoms with Crippen molar-refractivity contribution in [3.8, 4) is 0 Å². The maximum absolute atomic E-state index is 12.4. The number of ether oxygens (including phenoxy) is 1. The van der Waals surface area contributed by atoms with Gasteiger partial charge in [-0.3, -0.25) is 4.79 Å². The van der Waals surface area contributed by atoms with Crippen LogP contribution in [0.2, 0.25) is 0 Å². The van der Waals surface area contributed by atoms with Gasteiger partial charge in [0.25, 0.3) is 0 Å². The lowest BCUT2D eigenvalue weighted by molar-refractivity contribution is -0.138. The van der Waals surface area contributed by atoms with E-state index in [1.54, 1.807) is 6.92 Å². The van der Waals surface area contributed by atoms with E-state index in [0.717, 1.165) is 5.56 Å². The SMILES string of the molecule is Cc1nonc1CC(=O)N1CCOC(c2ccccc2)C1. The molecule has 0 spiro atoms. The van der Waals surface area contributed by atoms with Crippen LogP contribution < -0.4 is 0 Å². The lowest BCUT2D eigenvalue weighted by atomic mass is 10.1. The highest BCUT2D eigenvalue weighted by Gasteiger charge is 2.26. The zero-order valence-corrected chi connectivity index (χ0v) is 11.9. The van der Waals surface area contributed by atoms with Crippen LogP contribution in [0, 0.1) is 6.92 Å². The van der Waals surface area contributed by atoms with E-state index < -0.39 is 0 Å². The first-order chi connectivity index (χ1) is 10.2. The monoisotopic (exact) mass is 287 g/mol. The summed E-state index contributed by atoms with van der Waals surface area (Å²) < 4.78 is 10.4. The Morgan fingerprint density at radius 1 is 1.33 bits per heavy atom. The van der Waals surface area contributed by atoms with Gasteiger partial charge in [0.05, 0.1) is 19.6 Å². The number of hydrogen-bond donors (Lipinski definition) is 0. The molecule has 0 N–H and O–H groups in total. The Hall–Kier alpha value is -2.21. The molecule has 3 rings (SSSR count). The van der Waals surface area contributed by atoms with Crippen LogP contribution in [-0.2, 0) is 16.0 Å². The van der Waals surface area contributed by atoms with Crippen LogP contribution in [-0.4, -0.2) is 40.8 Å². The maximum Gasteiger partial charge on any atom is 0.228 e. The van der Waals surface area contributed by atoms with Gasteiger partial charge in [-0.05, 0) is 12.5 Å². The average molecular weight is 287 g/mol. The molecule has 1 saturated heterocycles. The Morgan fingerprint density at radius 2 is 2.14 bits per heavy atom. The summed E-state index contributed by atoms with van der Waals surface area (Å²) in [5.74, 6) is 0.0260. The Kier molecular flexibility index (Phi) is 3.96.